The van der Waals surface area contributed by atoms with Crippen LogP contribution in [-0.4, -0.2) is 5.97 Å². The maximum absolute atomic E-state index is 11.2. The molecule has 1 saturated heterocycles. The first kappa shape index (κ1) is 8.04. The molecule has 14 heavy (non-hydrogen) atoms. The first-order chi connectivity index (χ1) is 6.80. The summed E-state index contributed by atoms with van der Waals surface area (Å²) >= 11 is 0. The first-order valence-electron chi connectivity index (χ1n) is 5.10. The number of carbonyl (C=O) groups excluding carboxylic acids is 1. The van der Waals surface area contributed by atoms with Crippen LogP contribution in [0.15, 0.2) is 24.3 Å². The van der Waals surface area contributed by atoms with Crippen LogP contribution in [0.2, 0.25) is 0 Å². The highest BCUT2D eigenvalue weighted by Crippen LogP contribution is 2.46. The fourth-order valence-electron chi connectivity index (χ4n) is 2.64. The lowest BCUT2D eigenvalue weighted by molar-refractivity contribution is -0.149. The highest BCUT2D eigenvalue weighted by molar-refractivity contribution is 5.73. The quantitative estimate of drug-likeness (QED) is 0.583. The molecule has 0 bridgehead atoms. The molecule has 0 N–H and O–H groups in total. The maximum Gasteiger partial charge on any atom is 0.306 e. The molecule has 72 valence electrons. The molecule has 1 atom stereocenters. The van der Waals surface area contributed by atoms with Gasteiger partial charge < -0.3 is 4.74 Å². The lowest BCUT2D eigenvalue weighted by atomic mass is 9.93. The minimum atomic E-state index is -0.256. The van der Waals surface area contributed by atoms with E-state index in [0.717, 1.165) is 19.3 Å². The number of hydrogen-bond donors (Lipinski definition) is 0. The summed E-state index contributed by atoms with van der Waals surface area (Å²) in [6, 6.07) is 8.31. The molecular weight excluding hydrogens is 176 g/mol. The molecule has 1 unspecified atom stereocenters. The number of carbonyl (C=O) groups is 1. The van der Waals surface area contributed by atoms with Crippen LogP contribution in [0.3, 0.4) is 0 Å². The van der Waals surface area contributed by atoms with Crippen LogP contribution in [-0.2, 0) is 21.6 Å². The van der Waals surface area contributed by atoms with Gasteiger partial charge >= 0.3 is 5.97 Å². The van der Waals surface area contributed by atoms with E-state index in [-0.39, 0.29) is 11.6 Å². The predicted octanol–water partition coefficient (Wildman–Crippen LogP) is 2.17. The van der Waals surface area contributed by atoms with E-state index in [4.69, 9.17) is 4.74 Å². The third kappa shape index (κ3) is 0.939. The van der Waals surface area contributed by atoms with Crippen molar-refractivity contribution < 1.29 is 9.53 Å². The van der Waals surface area contributed by atoms with Gasteiger partial charge in [0.25, 0.3) is 0 Å². The lowest BCUT2D eigenvalue weighted by Gasteiger charge is -2.22. The van der Waals surface area contributed by atoms with Crippen molar-refractivity contribution in [2.75, 3.05) is 0 Å². The SMILES string of the molecule is O=C1CCC2(CCc3ccccc32)O1. The minimum Gasteiger partial charge on any atom is -0.454 e. The number of benzene rings is 1. The molecule has 0 saturated carbocycles. The van der Waals surface area contributed by atoms with Crippen molar-refractivity contribution in [2.45, 2.75) is 31.3 Å². The Hall–Kier alpha value is -1.31. The van der Waals surface area contributed by atoms with Gasteiger partial charge in [-0.2, -0.15) is 0 Å². The van der Waals surface area contributed by atoms with E-state index in [2.05, 4.69) is 18.2 Å². The molecule has 1 heterocycles. The first-order valence-corrected chi connectivity index (χ1v) is 5.10. The largest absolute Gasteiger partial charge is 0.454 e. The van der Waals surface area contributed by atoms with E-state index in [1.165, 1.54) is 11.1 Å². The number of hydrogen-bond acceptors (Lipinski definition) is 2. The number of esters is 1. The Kier molecular flexibility index (Phi) is 1.49. The van der Waals surface area contributed by atoms with Crippen LogP contribution >= 0.6 is 0 Å². The Labute approximate surface area is 82.9 Å². The molecule has 0 aromatic heterocycles. The third-order valence-electron chi connectivity index (χ3n) is 3.35. The summed E-state index contributed by atoms with van der Waals surface area (Å²) in [4.78, 5) is 11.2. The molecule has 0 radical (unpaired) electrons. The zero-order chi connectivity index (χ0) is 9.60. The van der Waals surface area contributed by atoms with E-state index in [1.807, 2.05) is 6.07 Å². The average Bonchev–Trinajstić information content (AvgIpc) is 2.75. The number of rotatable bonds is 0. The average molecular weight is 188 g/mol. The second kappa shape index (κ2) is 2.59. The van der Waals surface area contributed by atoms with E-state index >= 15 is 0 Å². The molecule has 2 aliphatic rings. The zero-order valence-electron chi connectivity index (χ0n) is 7.95. The standard InChI is InChI=1S/C12H12O2/c13-11-6-8-12(14-11)7-5-9-3-1-2-4-10(9)12/h1-4H,5-8H2. The summed E-state index contributed by atoms with van der Waals surface area (Å²) in [5.74, 6) is -0.0401. The summed E-state index contributed by atoms with van der Waals surface area (Å²) < 4.78 is 5.50. The van der Waals surface area contributed by atoms with Crippen molar-refractivity contribution in [1.29, 1.82) is 0 Å². The molecule has 1 aliphatic carbocycles. The summed E-state index contributed by atoms with van der Waals surface area (Å²) in [5.41, 5.74) is 2.33. The summed E-state index contributed by atoms with van der Waals surface area (Å²) in [6.07, 6.45) is 3.46. The highest BCUT2D eigenvalue weighted by Gasteiger charge is 2.46. The van der Waals surface area contributed by atoms with Gasteiger partial charge in [0.2, 0.25) is 0 Å². The highest BCUT2D eigenvalue weighted by atomic mass is 16.6. The van der Waals surface area contributed by atoms with Gasteiger partial charge in [0, 0.05) is 12.8 Å². The predicted molar refractivity (Wildman–Crippen MR) is 51.8 cm³/mol. The van der Waals surface area contributed by atoms with Gasteiger partial charge in [0.05, 0.1) is 0 Å². The molecule has 0 amide bonds. The van der Waals surface area contributed by atoms with Gasteiger partial charge in [-0.15, -0.1) is 0 Å². The van der Waals surface area contributed by atoms with Gasteiger partial charge in [0.1, 0.15) is 5.60 Å². The molecule has 2 nitrogen and oxygen atoms in total. The maximum atomic E-state index is 11.2. The Morgan fingerprint density at radius 3 is 2.71 bits per heavy atom. The molecule has 1 spiro atoms. The summed E-state index contributed by atoms with van der Waals surface area (Å²) in [7, 11) is 0. The van der Waals surface area contributed by atoms with Crippen molar-refractivity contribution in [3.05, 3.63) is 35.4 Å². The van der Waals surface area contributed by atoms with Gasteiger partial charge in [-0.3, -0.25) is 4.79 Å². The number of aryl methyl sites for hydroxylation is 1. The van der Waals surface area contributed by atoms with Crippen LogP contribution in [0.25, 0.3) is 0 Å². The van der Waals surface area contributed by atoms with Gasteiger partial charge in [0.15, 0.2) is 0 Å². The molecule has 1 aromatic rings. The molecule has 1 aromatic carbocycles. The van der Waals surface area contributed by atoms with Crippen LogP contribution in [0.1, 0.15) is 30.4 Å². The molecule has 2 heteroatoms. The number of fused-ring (bicyclic) bond motifs is 2. The Bertz CT molecular complexity index is 397. The Balaban J connectivity index is 2.09. The second-order valence-electron chi connectivity index (χ2n) is 4.13. The van der Waals surface area contributed by atoms with E-state index in [9.17, 15) is 4.79 Å². The lowest BCUT2D eigenvalue weighted by Crippen LogP contribution is -2.21. The fourth-order valence-corrected chi connectivity index (χ4v) is 2.64. The van der Waals surface area contributed by atoms with Crippen LogP contribution in [0.5, 0.6) is 0 Å². The third-order valence-corrected chi connectivity index (χ3v) is 3.35. The normalized spacial score (nSPS) is 29.3. The van der Waals surface area contributed by atoms with Crippen molar-refractivity contribution in [1.82, 2.24) is 0 Å². The summed E-state index contributed by atoms with van der Waals surface area (Å²) in [6.45, 7) is 0. The monoisotopic (exact) mass is 188 g/mol. The van der Waals surface area contributed by atoms with Crippen LogP contribution in [0.4, 0.5) is 0 Å². The Morgan fingerprint density at radius 2 is 1.93 bits per heavy atom. The van der Waals surface area contributed by atoms with E-state index in [1.54, 1.807) is 0 Å². The van der Waals surface area contributed by atoms with Crippen LogP contribution < -0.4 is 0 Å². The smallest absolute Gasteiger partial charge is 0.306 e. The minimum absolute atomic E-state index is 0.0401. The van der Waals surface area contributed by atoms with E-state index < -0.39 is 0 Å². The second-order valence-corrected chi connectivity index (χ2v) is 4.13. The number of ether oxygens (including phenoxy) is 1. The van der Waals surface area contributed by atoms with Crippen molar-refractivity contribution >= 4 is 5.97 Å². The van der Waals surface area contributed by atoms with E-state index in [0.29, 0.717) is 6.42 Å². The molecule has 1 fully saturated rings. The molecular formula is C12H12O2. The van der Waals surface area contributed by atoms with Crippen molar-refractivity contribution in [3.8, 4) is 0 Å². The molecule has 1 aliphatic heterocycles. The summed E-state index contributed by atoms with van der Waals surface area (Å²) in [5, 5.41) is 0. The Morgan fingerprint density at radius 1 is 1.14 bits per heavy atom. The topological polar surface area (TPSA) is 26.3 Å². The van der Waals surface area contributed by atoms with Crippen molar-refractivity contribution in [2.24, 2.45) is 0 Å². The van der Waals surface area contributed by atoms with Gasteiger partial charge in [-0.05, 0) is 24.0 Å². The van der Waals surface area contributed by atoms with Gasteiger partial charge in [-0.1, -0.05) is 24.3 Å². The zero-order valence-corrected chi connectivity index (χ0v) is 7.95. The molecule has 3 rings (SSSR count). The fraction of sp³-hybridized carbons (Fsp3) is 0.417. The van der Waals surface area contributed by atoms with Crippen molar-refractivity contribution in [3.63, 3.8) is 0 Å². The van der Waals surface area contributed by atoms with Crippen LogP contribution in [0, 0.1) is 0 Å². The van der Waals surface area contributed by atoms with Gasteiger partial charge in [-0.25, -0.2) is 0 Å².